The van der Waals surface area contributed by atoms with Crippen LogP contribution in [0.1, 0.15) is 69.1 Å². The van der Waals surface area contributed by atoms with Gasteiger partial charge in [-0.1, -0.05) is 57.0 Å². The van der Waals surface area contributed by atoms with Gasteiger partial charge in [-0.2, -0.15) is 9.50 Å². The summed E-state index contributed by atoms with van der Waals surface area (Å²) < 4.78 is 1.72. The van der Waals surface area contributed by atoms with Crippen molar-refractivity contribution in [1.29, 1.82) is 0 Å². The summed E-state index contributed by atoms with van der Waals surface area (Å²) in [5.41, 5.74) is 3.15. The van der Waals surface area contributed by atoms with Crippen molar-refractivity contribution in [3.05, 3.63) is 46.9 Å². The van der Waals surface area contributed by atoms with Gasteiger partial charge in [-0.15, -0.1) is 5.10 Å². The summed E-state index contributed by atoms with van der Waals surface area (Å²) in [6, 6.07) is 8.08. The maximum atomic E-state index is 12.4. The third kappa shape index (κ3) is 3.28. The lowest BCUT2D eigenvalue weighted by Gasteiger charge is -2.29. The smallest absolute Gasteiger partial charge is 0.313 e. The summed E-state index contributed by atoms with van der Waals surface area (Å²) in [5.74, 6) is 0.503. The number of hydrogen-bond donors (Lipinski definition) is 1. The molecule has 0 saturated carbocycles. The number of aliphatic carboxylic acids is 1. The highest BCUT2D eigenvalue weighted by molar-refractivity contribution is 5.85. The molecule has 2 heterocycles. The topological polar surface area (TPSA) is 80.4 Å². The van der Waals surface area contributed by atoms with E-state index in [4.69, 9.17) is 5.10 Å². The zero-order valence-corrected chi connectivity index (χ0v) is 17.4. The zero-order valence-electron chi connectivity index (χ0n) is 17.4. The van der Waals surface area contributed by atoms with Gasteiger partial charge in [0.15, 0.2) is 5.82 Å². The molecule has 3 aromatic rings. The third-order valence-electron chi connectivity index (χ3n) is 5.30. The van der Waals surface area contributed by atoms with Gasteiger partial charge in [-0.25, -0.2) is 4.98 Å². The highest BCUT2D eigenvalue weighted by Gasteiger charge is 2.40. The molecule has 1 N–H and O–H groups in total. The number of hydrogen-bond acceptors (Lipinski definition) is 4. The molecule has 0 radical (unpaired) electrons. The quantitative estimate of drug-likeness (QED) is 0.672. The molecule has 1 aromatic carbocycles. The number of rotatable bonds is 6. The molecular formula is C22H28N4O2. The Kier molecular flexibility index (Phi) is 5.24. The molecule has 2 aromatic heterocycles. The SMILES string of the molecule is CCCC(C)(C(=O)O)c1c(C)nc2nc(C(C)C)nn2c1-c1ccc(C)cc1. The van der Waals surface area contributed by atoms with Crippen LogP contribution in [-0.4, -0.2) is 30.7 Å². The summed E-state index contributed by atoms with van der Waals surface area (Å²) in [5, 5.41) is 14.8. The van der Waals surface area contributed by atoms with E-state index in [9.17, 15) is 9.90 Å². The van der Waals surface area contributed by atoms with Crippen molar-refractivity contribution in [3.63, 3.8) is 0 Å². The van der Waals surface area contributed by atoms with Gasteiger partial charge in [0.05, 0.1) is 11.1 Å². The summed E-state index contributed by atoms with van der Waals surface area (Å²) in [6.07, 6.45) is 1.27. The zero-order chi connectivity index (χ0) is 20.6. The standard InChI is InChI=1S/C22H28N4O2/c1-7-12-22(6,20(27)28)17-15(5)23-21-24-19(13(2)3)25-26(21)18(17)16-10-8-14(4)9-11-16/h8-11,13H,7,12H2,1-6H3,(H,27,28). The van der Waals surface area contributed by atoms with Crippen LogP contribution >= 0.6 is 0 Å². The van der Waals surface area contributed by atoms with Crippen LogP contribution in [0.4, 0.5) is 0 Å². The number of carbonyl (C=O) groups is 1. The van der Waals surface area contributed by atoms with Gasteiger partial charge in [0, 0.05) is 22.7 Å². The van der Waals surface area contributed by atoms with Gasteiger partial charge in [0.1, 0.15) is 0 Å². The van der Waals surface area contributed by atoms with Crippen LogP contribution in [-0.2, 0) is 10.2 Å². The van der Waals surface area contributed by atoms with Crippen molar-refractivity contribution < 1.29 is 9.90 Å². The highest BCUT2D eigenvalue weighted by Crippen LogP contribution is 2.39. The molecule has 0 fully saturated rings. The fourth-order valence-corrected chi connectivity index (χ4v) is 3.75. The van der Waals surface area contributed by atoms with E-state index < -0.39 is 11.4 Å². The second-order valence-electron chi connectivity index (χ2n) is 8.01. The highest BCUT2D eigenvalue weighted by atomic mass is 16.4. The summed E-state index contributed by atoms with van der Waals surface area (Å²) >= 11 is 0. The monoisotopic (exact) mass is 380 g/mol. The molecule has 6 nitrogen and oxygen atoms in total. The summed E-state index contributed by atoms with van der Waals surface area (Å²) in [6.45, 7) is 11.8. The summed E-state index contributed by atoms with van der Waals surface area (Å²) in [4.78, 5) is 21.6. The molecule has 1 unspecified atom stereocenters. The van der Waals surface area contributed by atoms with Crippen LogP contribution in [0.2, 0.25) is 0 Å². The van der Waals surface area contributed by atoms with E-state index in [1.807, 2.05) is 58.9 Å². The van der Waals surface area contributed by atoms with Crippen LogP contribution < -0.4 is 0 Å². The molecule has 0 aliphatic rings. The molecule has 3 rings (SSSR count). The van der Waals surface area contributed by atoms with E-state index in [2.05, 4.69) is 9.97 Å². The minimum atomic E-state index is -1.07. The van der Waals surface area contributed by atoms with Crippen molar-refractivity contribution in [3.8, 4) is 11.3 Å². The predicted molar refractivity (Wildman–Crippen MR) is 110 cm³/mol. The molecule has 0 aliphatic heterocycles. The molecule has 148 valence electrons. The number of aryl methyl sites for hydroxylation is 2. The number of fused-ring (bicyclic) bond motifs is 1. The first-order valence-electron chi connectivity index (χ1n) is 9.77. The van der Waals surface area contributed by atoms with Crippen molar-refractivity contribution in [2.45, 2.75) is 65.7 Å². The van der Waals surface area contributed by atoms with Crippen molar-refractivity contribution in [2.75, 3.05) is 0 Å². The Balaban J connectivity index is 2.45. The van der Waals surface area contributed by atoms with Crippen molar-refractivity contribution in [1.82, 2.24) is 19.6 Å². The lowest BCUT2D eigenvalue weighted by atomic mass is 9.76. The molecule has 0 spiro atoms. The first kappa shape index (κ1) is 20.0. The molecule has 1 atom stereocenters. The van der Waals surface area contributed by atoms with Gasteiger partial charge >= 0.3 is 5.97 Å². The maximum absolute atomic E-state index is 12.4. The van der Waals surface area contributed by atoms with E-state index in [1.54, 1.807) is 11.4 Å². The van der Waals surface area contributed by atoms with E-state index in [1.165, 1.54) is 0 Å². The Hall–Kier alpha value is -2.76. The third-order valence-corrected chi connectivity index (χ3v) is 5.30. The molecule has 0 aliphatic carbocycles. The largest absolute Gasteiger partial charge is 0.481 e. The van der Waals surface area contributed by atoms with Gasteiger partial charge in [-0.05, 0) is 27.2 Å². The van der Waals surface area contributed by atoms with Gasteiger partial charge < -0.3 is 5.11 Å². The van der Waals surface area contributed by atoms with Gasteiger partial charge in [0.25, 0.3) is 5.78 Å². The summed E-state index contributed by atoms with van der Waals surface area (Å²) in [7, 11) is 0. The van der Waals surface area contributed by atoms with Gasteiger partial charge in [0.2, 0.25) is 0 Å². The van der Waals surface area contributed by atoms with Crippen LogP contribution in [0.25, 0.3) is 17.0 Å². The molecule has 0 saturated heterocycles. The van der Waals surface area contributed by atoms with E-state index >= 15 is 0 Å². The molecule has 6 heteroatoms. The fraction of sp³-hybridized carbons (Fsp3) is 0.455. The molecule has 0 amide bonds. The maximum Gasteiger partial charge on any atom is 0.313 e. The van der Waals surface area contributed by atoms with Crippen LogP contribution in [0.3, 0.4) is 0 Å². The molecule has 0 bridgehead atoms. The van der Waals surface area contributed by atoms with Crippen LogP contribution in [0.15, 0.2) is 24.3 Å². The van der Waals surface area contributed by atoms with Gasteiger partial charge in [-0.3, -0.25) is 4.79 Å². The minimum absolute atomic E-state index is 0.151. The average Bonchev–Trinajstić information content (AvgIpc) is 3.05. The van der Waals surface area contributed by atoms with E-state index in [0.717, 1.165) is 23.2 Å². The number of benzene rings is 1. The average molecular weight is 380 g/mol. The van der Waals surface area contributed by atoms with E-state index in [-0.39, 0.29) is 5.92 Å². The number of aromatic nitrogens is 4. The lowest BCUT2D eigenvalue weighted by molar-refractivity contribution is -0.143. The Morgan fingerprint density at radius 3 is 2.36 bits per heavy atom. The number of carboxylic acid groups (broad SMARTS) is 1. The number of nitrogens with zero attached hydrogens (tertiary/aromatic N) is 4. The fourth-order valence-electron chi connectivity index (χ4n) is 3.75. The van der Waals surface area contributed by atoms with Crippen LogP contribution in [0, 0.1) is 13.8 Å². The normalized spacial score (nSPS) is 13.8. The second kappa shape index (κ2) is 7.34. The molecular weight excluding hydrogens is 352 g/mol. The Morgan fingerprint density at radius 2 is 1.82 bits per heavy atom. The first-order valence-corrected chi connectivity index (χ1v) is 9.77. The van der Waals surface area contributed by atoms with Crippen LogP contribution in [0.5, 0.6) is 0 Å². The van der Waals surface area contributed by atoms with E-state index in [0.29, 0.717) is 29.3 Å². The Bertz CT molecular complexity index is 1020. The minimum Gasteiger partial charge on any atom is -0.481 e. The molecule has 28 heavy (non-hydrogen) atoms. The first-order chi connectivity index (χ1) is 13.2. The lowest BCUT2D eigenvalue weighted by Crippen LogP contribution is -2.35. The Labute approximate surface area is 165 Å². The van der Waals surface area contributed by atoms with Crippen molar-refractivity contribution in [2.24, 2.45) is 0 Å². The van der Waals surface area contributed by atoms with Crippen molar-refractivity contribution >= 4 is 11.7 Å². The Morgan fingerprint density at radius 1 is 1.18 bits per heavy atom. The number of carboxylic acids is 1. The second-order valence-corrected chi connectivity index (χ2v) is 8.01. The predicted octanol–water partition coefficient (Wildman–Crippen LogP) is 4.67.